The SMILES string of the molecule is COc1ccccc1Oc1ccc(-c2nc3c(C4CCN(C)C4)c[nH]n3c2C(N)=O)cc1. The zero-order valence-electron chi connectivity index (χ0n) is 18.0. The van der Waals surface area contributed by atoms with Gasteiger partial charge in [0.1, 0.15) is 11.4 Å². The molecule has 5 rings (SSSR count). The Morgan fingerprint density at radius 1 is 1.16 bits per heavy atom. The number of fused-ring (bicyclic) bond motifs is 1. The predicted octanol–water partition coefficient (Wildman–Crippen LogP) is 3.65. The van der Waals surface area contributed by atoms with Crippen molar-refractivity contribution >= 4 is 11.6 Å². The number of nitrogens with zero attached hydrogens (tertiary/aromatic N) is 3. The highest BCUT2D eigenvalue weighted by atomic mass is 16.5. The molecule has 2 aromatic carbocycles. The number of rotatable bonds is 6. The maximum Gasteiger partial charge on any atom is 0.269 e. The van der Waals surface area contributed by atoms with Crippen molar-refractivity contribution in [3.8, 4) is 28.5 Å². The van der Waals surface area contributed by atoms with Crippen molar-refractivity contribution in [2.45, 2.75) is 12.3 Å². The van der Waals surface area contributed by atoms with E-state index in [1.54, 1.807) is 11.6 Å². The van der Waals surface area contributed by atoms with Crippen LogP contribution in [0.3, 0.4) is 0 Å². The first kappa shape index (κ1) is 20.1. The first-order valence-electron chi connectivity index (χ1n) is 10.5. The molecule has 32 heavy (non-hydrogen) atoms. The molecule has 1 amide bonds. The van der Waals surface area contributed by atoms with Crippen LogP contribution in [0.25, 0.3) is 16.9 Å². The Hall–Kier alpha value is -3.78. The molecule has 0 saturated carbocycles. The smallest absolute Gasteiger partial charge is 0.269 e. The lowest BCUT2D eigenvalue weighted by atomic mass is 10.0. The molecule has 164 valence electrons. The Bertz CT molecular complexity index is 1270. The molecule has 0 aliphatic carbocycles. The van der Waals surface area contributed by atoms with Crippen LogP contribution >= 0.6 is 0 Å². The molecular formula is C24H25N5O3. The maximum absolute atomic E-state index is 12.3. The van der Waals surface area contributed by atoms with Crippen LogP contribution in [0, 0.1) is 0 Å². The standard InChI is InChI=1S/C24H25N5O3/c1-28-12-11-16(14-28)18-13-26-29-22(23(25)30)21(27-24(18)29)15-7-9-17(10-8-15)32-20-6-4-3-5-19(20)31-2/h3-10,13,16,26H,11-12,14H2,1-2H3,(H2,25,30). The van der Waals surface area contributed by atoms with Crippen molar-refractivity contribution < 1.29 is 14.3 Å². The number of para-hydroxylation sites is 2. The van der Waals surface area contributed by atoms with E-state index in [1.165, 1.54) is 0 Å². The minimum absolute atomic E-state index is 0.344. The number of amides is 1. The summed E-state index contributed by atoms with van der Waals surface area (Å²) in [6, 6.07) is 14.9. The van der Waals surface area contributed by atoms with E-state index >= 15 is 0 Å². The third kappa shape index (κ3) is 3.48. The maximum atomic E-state index is 12.3. The largest absolute Gasteiger partial charge is 0.493 e. The van der Waals surface area contributed by atoms with Crippen molar-refractivity contribution in [3.05, 3.63) is 66.0 Å². The molecule has 8 heteroatoms. The first-order chi connectivity index (χ1) is 15.5. The van der Waals surface area contributed by atoms with Crippen molar-refractivity contribution in [3.63, 3.8) is 0 Å². The molecule has 1 fully saturated rings. The molecule has 1 aliphatic heterocycles. The van der Waals surface area contributed by atoms with Crippen LogP contribution in [-0.4, -0.2) is 52.7 Å². The number of methoxy groups -OCH3 is 1. The quantitative estimate of drug-likeness (QED) is 0.486. The molecule has 0 spiro atoms. The minimum Gasteiger partial charge on any atom is -0.493 e. The monoisotopic (exact) mass is 431 g/mol. The average molecular weight is 431 g/mol. The molecule has 0 radical (unpaired) electrons. The van der Waals surface area contributed by atoms with E-state index < -0.39 is 5.91 Å². The molecule has 3 heterocycles. The van der Waals surface area contributed by atoms with E-state index in [0.717, 1.165) is 36.3 Å². The van der Waals surface area contributed by atoms with Gasteiger partial charge < -0.3 is 20.1 Å². The van der Waals surface area contributed by atoms with Crippen LogP contribution in [0.5, 0.6) is 17.2 Å². The van der Waals surface area contributed by atoms with Gasteiger partial charge in [-0.25, -0.2) is 9.50 Å². The molecule has 1 unspecified atom stereocenters. The lowest BCUT2D eigenvalue weighted by molar-refractivity contribution is 0.0994. The zero-order valence-corrected chi connectivity index (χ0v) is 18.0. The van der Waals surface area contributed by atoms with E-state index in [4.69, 9.17) is 20.2 Å². The van der Waals surface area contributed by atoms with Gasteiger partial charge >= 0.3 is 0 Å². The summed E-state index contributed by atoms with van der Waals surface area (Å²) in [5.41, 5.74) is 9.30. The second-order valence-electron chi connectivity index (χ2n) is 8.09. The molecule has 0 bridgehead atoms. The van der Waals surface area contributed by atoms with Crippen LogP contribution < -0.4 is 15.2 Å². The fourth-order valence-corrected chi connectivity index (χ4v) is 4.37. The van der Waals surface area contributed by atoms with Gasteiger partial charge in [-0.15, -0.1) is 0 Å². The summed E-state index contributed by atoms with van der Waals surface area (Å²) in [7, 11) is 3.72. The van der Waals surface area contributed by atoms with Crippen LogP contribution in [0.4, 0.5) is 0 Å². The summed E-state index contributed by atoms with van der Waals surface area (Å²) in [6.07, 6.45) is 3.00. The van der Waals surface area contributed by atoms with Crippen LogP contribution in [-0.2, 0) is 0 Å². The summed E-state index contributed by atoms with van der Waals surface area (Å²) in [4.78, 5) is 19.5. The molecule has 1 atom stereocenters. The second kappa shape index (κ2) is 8.05. The van der Waals surface area contributed by atoms with E-state index in [0.29, 0.717) is 34.6 Å². The minimum atomic E-state index is -0.529. The third-order valence-electron chi connectivity index (χ3n) is 5.97. The first-order valence-corrected chi connectivity index (χ1v) is 10.5. The summed E-state index contributed by atoms with van der Waals surface area (Å²) in [6.45, 7) is 2.02. The number of likely N-dealkylation sites (tertiary alicyclic amines) is 1. The number of carbonyl (C=O) groups is 1. The third-order valence-corrected chi connectivity index (χ3v) is 5.97. The van der Waals surface area contributed by atoms with E-state index in [9.17, 15) is 4.79 Å². The number of benzene rings is 2. The van der Waals surface area contributed by atoms with Gasteiger partial charge in [-0.3, -0.25) is 9.89 Å². The molecule has 1 aliphatic rings. The second-order valence-corrected chi connectivity index (χ2v) is 8.09. The van der Waals surface area contributed by atoms with Gasteiger partial charge in [-0.1, -0.05) is 12.1 Å². The number of hydrogen-bond acceptors (Lipinski definition) is 5. The summed E-state index contributed by atoms with van der Waals surface area (Å²) in [5, 5.41) is 3.17. The number of likely N-dealkylation sites (N-methyl/N-ethyl adjacent to an activating group) is 1. The number of nitrogens with two attached hydrogens (primary N) is 1. The number of aromatic nitrogens is 3. The highest BCUT2D eigenvalue weighted by molar-refractivity contribution is 5.98. The van der Waals surface area contributed by atoms with Crippen LogP contribution in [0.15, 0.2) is 54.7 Å². The van der Waals surface area contributed by atoms with Crippen molar-refractivity contribution in [1.82, 2.24) is 19.5 Å². The topological polar surface area (TPSA) is 97.9 Å². The number of hydrogen-bond donors (Lipinski definition) is 2. The van der Waals surface area contributed by atoms with Gasteiger partial charge in [0.2, 0.25) is 0 Å². The van der Waals surface area contributed by atoms with Crippen LogP contribution in [0.1, 0.15) is 28.4 Å². The number of imidazole rings is 1. The number of carbonyl (C=O) groups excluding carboxylic acids is 1. The normalized spacial score (nSPS) is 16.5. The summed E-state index contributed by atoms with van der Waals surface area (Å²) in [5.74, 6) is 1.78. The molecule has 4 aromatic rings. The van der Waals surface area contributed by atoms with Gasteiger partial charge in [-0.2, -0.15) is 0 Å². The molecule has 3 N–H and O–H groups in total. The Kier molecular flexibility index (Phi) is 5.07. The van der Waals surface area contributed by atoms with Crippen molar-refractivity contribution in [2.24, 2.45) is 5.73 Å². The predicted molar refractivity (Wildman–Crippen MR) is 121 cm³/mol. The van der Waals surface area contributed by atoms with E-state index in [-0.39, 0.29) is 0 Å². The lowest BCUT2D eigenvalue weighted by Crippen LogP contribution is -2.15. The average Bonchev–Trinajstić information content (AvgIpc) is 3.49. The van der Waals surface area contributed by atoms with Crippen molar-refractivity contribution in [1.29, 1.82) is 0 Å². The lowest BCUT2D eigenvalue weighted by Gasteiger charge is -2.10. The Morgan fingerprint density at radius 3 is 2.56 bits per heavy atom. The van der Waals surface area contributed by atoms with E-state index in [2.05, 4.69) is 17.0 Å². The number of ether oxygens (including phenoxy) is 2. The number of nitrogens with one attached hydrogen (secondary N) is 1. The molecular weight excluding hydrogens is 406 g/mol. The molecule has 8 nitrogen and oxygen atoms in total. The highest BCUT2D eigenvalue weighted by Gasteiger charge is 2.28. The fraction of sp³-hybridized carbons (Fsp3) is 0.250. The van der Waals surface area contributed by atoms with Crippen molar-refractivity contribution in [2.75, 3.05) is 27.2 Å². The Morgan fingerprint density at radius 2 is 1.91 bits per heavy atom. The van der Waals surface area contributed by atoms with Gasteiger partial charge in [-0.05, 0) is 56.4 Å². The van der Waals surface area contributed by atoms with Gasteiger partial charge in [0.05, 0.1) is 7.11 Å². The number of H-pyrrole nitrogens is 1. The fourth-order valence-electron chi connectivity index (χ4n) is 4.37. The highest BCUT2D eigenvalue weighted by Crippen LogP contribution is 2.34. The van der Waals surface area contributed by atoms with Gasteiger partial charge in [0.25, 0.3) is 5.91 Å². The Labute approximate surface area is 185 Å². The van der Waals surface area contributed by atoms with Gasteiger partial charge in [0, 0.05) is 29.8 Å². The number of aromatic amines is 1. The molecule has 1 saturated heterocycles. The van der Waals surface area contributed by atoms with Crippen LogP contribution in [0.2, 0.25) is 0 Å². The zero-order chi connectivity index (χ0) is 22.2. The summed E-state index contributed by atoms with van der Waals surface area (Å²) >= 11 is 0. The van der Waals surface area contributed by atoms with Gasteiger partial charge in [0.15, 0.2) is 22.8 Å². The molecule has 2 aromatic heterocycles. The summed E-state index contributed by atoms with van der Waals surface area (Å²) < 4.78 is 13.0. The van der Waals surface area contributed by atoms with E-state index in [1.807, 2.05) is 54.7 Å². The Balaban J connectivity index is 1.49. The number of primary amides is 1.